The summed E-state index contributed by atoms with van der Waals surface area (Å²) in [6, 6.07) is 5.43. The summed E-state index contributed by atoms with van der Waals surface area (Å²) in [4.78, 5) is 12.1. The molecule has 0 radical (unpaired) electrons. The van der Waals surface area contributed by atoms with Crippen molar-refractivity contribution in [1.82, 2.24) is 0 Å². The molecular weight excluding hydrogens is 296 g/mol. The third kappa shape index (κ3) is 3.33. The lowest BCUT2D eigenvalue weighted by Crippen LogP contribution is -2.09. The van der Waals surface area contributed by atoms with E-state index in [0.29, 0.717) is 12.0 Å². The molecule has 4 heteroatoms. The summed E-state index contributed by atoms with van der Waals surface area (Å²) >= 11 is 3.41. The lowest BCUT2D eigenvalue weighted by molar-refractivity contribution is 0.0859. The predicted octanol–water partition coefficient (Wildman–Crippen LogP) is 3.60. The van der Waals surface area contributed by atoms with E-state index in [1.54, 1.807) is 13.2 Å². The Morgan fingerprint density at radius 3 is 3.00 bits per heavy atom. The first-order valence-electron chi connectivity index (χ1n) is 6.19. The van der Waals surface area contributed by atoms with E-state index < -0.39 is 0 Å². The molecule has 1 aromatic rings. The van der Waals surface area contributed by atoms with E-state index >= 15 is 0 Å². The smallest absolute Gasteiger partial charge is 0.164 e. The molecule has 1 saturated heterocycles. The Bertz CT molecular complexity index is 425. The van der Waals surface area contributed by atoms with Crippen LogP contribution in [0.2, 0.25) is 0 Å². The molecule has 0 N–H and O–H groups in total. The van der Waals surface area contributed by atoms with Crippen molar-refractivity contribution in [2.75, 3.05) is 13.7 Å². The van der Waals surface area contributed by atoms with E-state index in [-0.39, 0.29) is 11.9 Å². The molecule has 0 spiro atoms. The fraction of sp³-hybridized carbons (Fsp3) is 0.500. The summed E-state index contributed by atoms with van der Waals surface area (Å²) in [7, 11) is 1.61. The van der Waals surface area contributed by atoms with Gasteiger partial charge in [0.1, 0.15) is 5.75 Å². The monoisotopic (exact) mass is 312 g/mol. The normalized spacial score (nSPS) is 18.9. The van der Waals surface area contributed by atoms with Crippen molar-refractivity contribution < 1.29 is 14.3 Å². The van der Waals surface area contributed by atoms with Crippen LogP contribution in [0.25, 0.3) is 0 Å². The van der Waals surface area contributed by atoms with Gasteiger partial charge in [-0.3, -0.25) is 4.79 Å². The van der Waals surface area contributed by atoms with Gasteiger partial charge in [-0.15, -0.1) is 0 Å². The largest absolute Gasteiger partial charge is 0.497 e. The molecule has 3 nitrogen and oxygen atoms in total. The van der Waals surface area contributed by atoms with Crippen LogP contribution in [0.15, 0.2) is 22.7 Å². The summed E-state index contributed by atoms with van der Waals surface area (Å²) in [6.45, 7) is 0.838. The van der Waals surface area contributed by atoms with E-state index in [4.69, 9.17) is 9.47 Å². The second-order valence-corrected chi connectivity index (χ2v) is 5.30. The number of carbonyl (C=O) groups is 1. The van der Waals surface area contributed by atoms with Crippen LogP contribution in [0.1, 0.15) is 36.0 Å². The first-order valence-corrected chi connectivity index (χ1v) is 6.98. The first-order chi connectivity index (χ1) is 8.70. The summed E-state index contributed by atoms with van der Waals surface area (Å²) in [5.74, 6) is 0.901. The van der Waals surface area contributed by atoms with Gasteiger partial charge < -0.3 is 9.47 Å². The summed E-state index contributed by atoms with van der Waals surface area (Å²) in [6.07, 6.45) is 3.82. The number of hydrogen-bond acceptors (Lipinski definition) is 3. The zero-order chi connectivity index (χ0) is 13.0. The van der Waals surface area contributed by atoms with Gasteiger partial charge in [0.05, 0.1) is 13.2 Å². The minimum Gasteiger partial charge on any atom is -0.497 e. The maximum Gasteiger partial charge on any atom is 0.164 e. The van der Waals surface area contributed by atoms with Crippen LogP contribution >= 0.6 is 15.9 Å². The van der Waals surface area contributed by atoms with Crippen LogP contribution in [-0.2, 0) is 4.74 Å². The Morgan fingerprint density at radius 1 is 1.56 bits per heavy atom. The standard InChI is InChI=1S/C14H17BrO3/c1-17-11-4-6-12(13(15)9-11)14(16)7-5-10-3-2-8-18-10/h4,6,9-10H,2-3,5,7-8H2,1H3. The van der Waals surface area contributed by atoms with E-state index in [9.17, 15) is 4.79 Å². The Balaban J connectivity index is 1.95. The van der Waals surface area contributed by atoms with E-state index in [0.717, 1.165) is 36.1 Å². The Labute approximate surface area is 116 Å². The minimum absolute atomic E-state index is 0.153. The quantitative estimate of drug-likeness (QED) is 0.779. The SMILES string of the molecule is COc1ccc(C(=O)CCC2CCCO2)c(Br)c1. The van der Waals surface area contributed by atoms with E-state index in [1.807, 2.05) is 12.1 Å². The highest BCUT2D eigenvalue weighted by atomic mass is 79.9. The lowest BCUT2D eigenvalue weighted by Gasteiger charge is -2.09. The van der Waals surface area contributed by atoms with Gasteiger partial charge >= 0.3 is 0 Å². The van der Waals surface area contributed by atoms with Gasteiger partial charge in [-0.25, -0.2) is 0 Å². The molecule has 1 aromatic carbocycles. The number of halogens is 1. The number of ketones is 1. The van der Waals surface area contributed by atoms with Crippen LogP contribution in [0.4, 0.5) is 0 Å². The van der Waals surface area contributed by atoms with Crippen LogP contribution < -0.4 is 4.74 Å². The molecule has 2 rings (SSSR count). The van der Waals surface area contributed by atoms with Gasteiger partial charge in [0.15, 0.2) is 5.78 Å². The first kappa shape index (κ1) is 13.6. The number of Topliss-reactive ketones (excluding diaryl/α,β-unsaturated/α-hetero) is 1. The molecule has 98 valence electrons. The number of rotatable bonds is 5. The number of hydrogen-bond donors (Lipinski definition) is 0. The number of ether oxygens (including phenoxy) is 2. The van der Waals surface area contributed by atoms with E-state index in [1.165, 1.54) is 0 Å². The van der Waals surface area contributed by atoms with Crippen molar-refractivity contribution in [3.05, 3.63) is 28.2 Å². The molecule has 0 aliphatic carbocycles. The molecule has 0 bridgehead atoms. The van der Waals surface area contributed by atoms with Crippen LogP contribution in [0.5, 0.6) is 5.75 Å². The van der Waals surface area contributed by atoms with Crippen LogP contribution in [0.3, 0.4) is 0 Å². The molecule has 1 unspecified atom stereocenters. The summed E-state index contributed by atoms with van der Waals surface area (Å²) in [5, 5.41) is 0. The Kier molecular flexibility index (Phi) is 4.78. The second-order valence-electron chi connectivity index (χ2n) is 4.44. The predicted molar refractivity (Wildman–Crippen MR) is 73.2 cm³/mol. The van der Waals surface area contributed by atoms with Crippen molar-refractivity contribution in [2.24, 2.45) is 0 Å². The second kappa shape index (κ2) is 6.34. The topological polar surface area (TPSA) is 35.5 Å². The fourth-order valence-electron chi connectivity index (χ4n) is 2.15. The zero-order valence-corrected chi connectivity index (χ0v) is 12.0. The molecule has 1 fully saturated rings. The maximum atomic E-state index is 12.1. The molecular formula is C14H17BrO3. The average Bonchev–Trinajstić information content (AvgIpc) is 2.88. The molecule has 1 atom stereocenters. The minimum atomic E-state index is 0.153. The van der Waals surface area contributed by atoms with Crippen molar-refractivity contribution in [3.8, 4) is 5.75 Å². The number of methoxy groups -OCH3 is 1. The average molecular weight is 313 g/mol. The Morgan fingerprint density at radius 2 is 2.39 bits per heavy atom. The number of carbonyl (C=O) groups excluding carboxylic acids is 1. The highest BCUT2D eigenvalue weighted by Crippen LogP contribution is 2.25. The molecule has 0 saturated carbocycles. The maximum absolute atomic E-state index is 12.1. The molecule has 1 aliphatic heterocycles. The molecule has 0 aromatic heterocycles. The van der Waals surface area contributed by atoms with Gasteiger partial charge in [-0.1, -0.05) is 0 Å². The zero-order valence-electron chi connectivity index (χ0n) is 10.4. The lowest BCUT2D eigenvalue weighted by atomic mass is 10.0. The van der Waals surface area contributed by atoms with Crippen molar-refractivity contribution in [3.63, 3.8) is 0 Å². The summed E-state index contributed by atoms with van der Waals surface area (Å²) < 4.78 is 11.4. The van der Waals surface area contributed by atoms with Crippen molar-refractivity contribution in [1.29, 1.82) is 0 Å². The van der Waals surface area contributed by atoms with Crippen LogP contribution in [0, 0.1) is 0 Å². The van der Waals surface area contributed by atoms with Gasteiger partial charge in [-0.05, 0) is 53.4 Å². The van der Waals surface area contributed by atoms with E-state index in [2.05, 4.69) is 15.9 Å². The van der Waals surface area contributed by atoms with Crippen molar-refractivity contribution >= 4 is 21.7 Å². The van der Waals surface area contributed by atoms with Crippen LogP contribution in [-0.4, -0.2) is 25.6 Å². The molecule has 1 heterocycles. The van der Waals surface area contributed by atoms with Gasteiger partial charge in [0.25, 0.3) is 0 Å². The fourth-order valence-corrected chi connectivity index (χ4v) is 2.73. The molecule has 18 heavy (non-hydrogen) atoms. The third-order valence-electron chi connectivity index (χ3n) is 3.19. The van der Waals surface area contributed by atoms with Crippen molar-refractivity contribution in [2.45, 2.75) is 31.8 Å². The number of benzene rings is 1. The summed E-state index contributed by atoms with van der Waals surface area (Å²) in [5.41, 5.74) is 0.716. The van der Waals surface area contributed by atoms with Gasteiger partial charge in [0.2, 0.25) is 0 Å². The highest BCUT2D eigenvalue weighted by molar-refractivity contribution is 9.10. The van der Waals surface area contributed by atoms with Gasteiger partial charge in [-0.2, -0.15) is 0 Å². The Hall–Kier alpha value is -0.870. The molecule has 1 aliphatic rings. The third-order valence-corrected chi connectivity index (χ3v) is 3.85. The molecule has 0 amide bonds. The highest BCUT2D eigenvalue weighted by Gasteiger charge is 2.18. The van der Waals surface area contributed by atoms with Gasteiger partial charge in [0, 0.05) is 23.1 Å².